The Balaban J connectivity index is 0.00000117. The average Bonchev–Trinajstić information content (AvgIpc) is 3.00. The zero-order valence-corrected chi connectivity index (χ0v) is 16.5. The number of carbonyl (C=O) groups is 1. The van der Waals surface area contributed by atoms with Crippen LogP contribution in [0.4, 0.5) is 5.00 Å². The minimum absolute atomic E-state index is 0.0370. The Bertz CT molecular complexity index is 972. The molecule has 3 N–H and O–H groups in total. The van der Waals surface area contributed by atoms with E-state index in [1.54, 1.807) is 17.5 Å². The minimum Gasteiger partial charge on any atom is -0.390 e. The maximum atomic E-state index is 12.8. The molecule has 0 saturated heterocycles. The van der Waals surface area contributed by atoms with Crippen molar-refractivity contribution in [3.05, 3.63) is 51.3 Å². The van der Waals surface area contributed by atoms with Crippen molar-refractivity contribution in [2.24, 2.45) is 0 Å². The summed E-state index contributed by atoms with van der Waals surface area (Å²) in [6.45, 7) is 9.70. The van der Waals surface area contributed by atoms with Crippen LogP contribution in [0.2, 0.25) is 0 Å². The molecule has 3 rings (SSSR count). The molecule has 26 heavy (non-hydrogen) atoms. The molecule has 6 nitrogen and oxygen atoms in total. The van der Waals surface area contributed by atoms with Crippen molar-refractivity contribution < 1.29 is 4.79 Å². The molecule has 0 aliphatic rings. The van der Waals surface area contributed by atoms with Crippen LogP contribution >= 0.6 is 11.3 Å². The van der Waals surface area contributed by atoms with Crippen LogP contribution < -0.4 is 16.6 Å². The summed E-state index contributed by atoms with van der Waals surface area (Å²) in [7, 11) is 0. The lowest BCUT2D eigenvalue weighted by Gasteiger charge is -2.11. The van der Waals surface area contributed by atoms with E-state index in [9.17, 15) is 9.59 Å². The molecule has 1 amide bonds. The normalized spacial score (nSPS) is 10.5. The number of nitrogens with one attached hydrogen (secondary N) is 1. The van der Waals surface area contributed by atoms with Gasteiger partial charge in [0.05, 0.1) is 16.1 Å². The van der Waals surface area contributed by atoms with E-state index in [4.69, 9.17) is 5.73 Å². The summed E-state index contributed by atoms with van der Waals surface area (Å²) < 4.78 is 1.24. The minimum atomic E-state index is -0.325. The van der Waals surface area contributed by atoms with Crippen molar-refractivity contribution in [3.8, 4) is 5.69 Å². The molecular formula is C19H24N4O2S. The topological polar surface area (TPSA) is 90.0 Å². The third-order valence-electron chi connectivity index (χ3n) is 3.59. The number of nitrogens with zero attached hydrogens (tertiary/aromatic N) is 2. The molecule has 0 spiro atoms. The monoisotopic (exact) mass is 372 g/mol. The number of aryl methyl sites for hydroxylation is 1. The average molecular weight is 372 g/mol. The number of nitrogens with two attached hydrogens (primary N) is 1. The standard InChI is InChI=1S/C17H18N4O2S.C2H6/c1-9(2)19-16(22)14-12-8-24-15(18)13(12)17(23)21(20-14)11-6-4-10(3)5-7-11;1-2/h4-9H,18H2,1-3H3,(H,19,22);1-2H3. The summed E-state index contributed by atoms with van der Waals surface area (Å²) >= 11 is 1.23. The summed E-state index contributed by atoms with van der Waals surface area (Å²) in [5.74, 6) is -0.325. The van der Waals surface area contributed by atoms with Gasteiger partial charge in [-0.05, 0) is 32.9 Å². The number of anilines is 1. The number of aromatic nitrogens is 2. The number of fused-ring (bicyclic) bond motifs is 1. The van der Waals surface area contributed by atoms with Gasteiger partial charge in [-0.2, -0.15) is 9.78 Å². The van der Waals surface area contributed by atoms with E-state index in [-0.39, 0.29) is 23.2 Å². The van der Waals surface area contributed by atoms with Crippen LogP contribution in [0, 0.1) is 6.92 Å². The summed E-state index contributed by atoms with van der Waals surface area (Å²) in [6.07, 6.45) is 0. The van der Waals surface area contributed by atoms with E-state index in [0.29, 0.717) is 21.5 Å². The van der Waals surface area contributed by atoms with E-state index in [0.717, 1.165) is 5.56 Å². The van der Waals surface area contributed by atoms with Gasteiger partial charge in [-0.15, -0.1) is 11.3 Å². The van der Waals surface area contributed by atoms with Gasteiger partial charge >= 0.3 is 0 Å². The van der Waals surface area contributed by atoms with Gasteiger partial charge < -0.3 is 11.1 Å². The molecule has 3 aromatic rings. The first-order valence-corrected chi connectivity index (χ1v) is 9.44. The van der Waals surface area contributed by atoms with Crippen molar-refractivity contribution in [3.63, 3.8) is 0 Å². The predicted molar refractivity (Wildman–Crippen MR) is 108 cm³/mol. The highest BCUT2D eigenvalue weighted by Crippen LogP contribution is 2.27. The molecule has 0 radical (unpaired) electrons. The van der Waals surface area contributed by atoms with Crippen LogP contribution in [0.3, 0.4) is 0 Å². The number of hydrogen-bond acceptors (Lipinski definition) is 5. The molecule has 0 unspecified atom stereocenters. The first-order chi connectivity index (χ1) is 12.4. The largest absolute Gasteiger partial charge is 0.390 e. The second-order valence-corrected chi connectivity index (χ2v) is 6.83. The molecule has 0 bridgehead atoms. The number of thiophene rings is 1. The number of benzene rings is 1. The van der Waals surface area contributed by atoms with Gasteiger partial charge in [-0.25, -0.2) is 0 Å². The molecule has 7 heteroatoms. The van der Waals surface area contributed by atoms with Crippen LogP contribution in [0.25, 0.3) is 16.5 Å². The molecule has 0 fully saturated rings. The molecule has 0 saturated carbocycles. The van der Waals surface area contributed by atoms with Crippen molar-refractivity contribution in [2.75, 3.05) is 5.73 Å². The maximum absolute atomic E-state index is 12.8. The number of hydrogen-bond donors (Lipinski definition) is 2. The highest BCUT2D eigenvalue weighted by molar-refractivity contribution is 7.15. The van der Waals surface area contributed by atoms with Crippen molar-refractivity contribution >= 4 is 33.0 Å². The first kappa shape index (κ1) is 19.7. The number of amides is 1. The fourth-order valence-corrected chi connectivity index (χ4v) is 3.22. The Morgan fingerprint density at radius 1 is 1.23 bits per heavy atom. The fraction of sp³-hybridized carbons (Fsp3) is 0.316. The smallest absolute Gasteiger partial charge is 0.282 e. The lowest BCUT2D eigenvalue weighted by molar-refractivity contribution is 0.0938. The van der Waals surface area contributed by atoms with Crippen LogP contribution in [0.15, 0.2) is 34.4 Å². The van der Waals surface area contributed by atoms with Gasteiger partial charge in [0.15, 0.2) is 5.69 Å². The van der Waals surface area contributed by atoms with Crippen LogP contribution in [0.5, 0.6) is 0 Å². The highest BCUT2D eigenvalue weighted by Gasteiger charge is 2.20. The van der Waals surface area contributed by atoms with Gasteiger partial charge in [-0.3, -0.25) is 9.59 Å². The van der Waals surface area contributed by atoms with E-state index in [1.165, 1.54) is 16.0 Å². The van der Waals surface area contributed by atoms with Crippen LogP contribution in [-0.2, 0) is 0 Å². The molecule has 1 aromatic carbocycles. The molecule has 138 valence electrons. The first-order valence-electron chi connectivity index (χ1n) is 8.56. The van der Waals surface area contributed by atoms with Crippen molar-refractivity contribution in [2.45, 2.75) is 40.7 Å². The predicted octanol–water partition coefficient (Wildman–Crippen LogP) is 3.50. The van der Waals surface area contributed by atoms with Gasteiger partial charge in [-0.1, -0.05) is 31.5 Å². The van der Waals surface area contributed by atoms with E-state index in [1.807, 2.05) is 46.8 Å². The van der Waals surface area contributed by atoms with E-state index >= 15 is 0 Å². The summed E-state index contributed by atoms with van der Waals surface area (Å²) in [6, 6.07) is 7.33. The van der Waals surface area contributed by atoms with Gasteiger partial charge in [0.1, 0.15) is 0 Å². The molecular weight excluding hydrogens is 348 g/mol. The SMILES string of the molecule is CC.Cc1ccc(-n2nc(C(=O)NC(C)C)c3csc(N)c3c2=O)cc1. The lowest BCUT2D eigenvalue weighted by Crippen LogP contribution is -2.33. The van der Waals surface area contributed by atoms with E-state index in [2.05, 4.69) is 10.4 Å². The third-order valence-corrected chi connectivity index (χ3v) is 4.41. The van der Waals surface area contributed by atoms with Gasteiger partial charge in [0, 0.05) is 16.8 Å². The number of nitrogen functional groups attached to an aromatic ring is 1. The fourth-order valence-electron chi connectivity index (χ4n) is 2.43. The molecule has 0 atom stereocenters. The third kappa shape index (κ3) is 3.77. The Hall–Kier alpha value is -2.67. The van der Waals surface area contributed by atoms with E-state index < -0.39 is 0 Å². The zero-order chi connectivity index (χ0) is 19.4. The van der Waals surface area contributed by atoms with Crippen LogP contribution in [-0.4, -0.2) is 21.7 Å². The highest BCUT2D eigenvalue weighted by atomic mass is 32.1. The Morgan fingerprint density at radius 3 is 2.42 bits per heavy atom. The molecule has 2 aromatic heterocycles. The summed E-state index contributed by atoms with van der Waals surface area (Å²) in [5.41, 5.74) is 7.50. The Labute approximate surface area is 156 Å². The molecule has 0 aliphatic carbocycles. The quantitative estimate of drug-likeness (QED) is 0.736. The molecule has 2 heterocycles. The van der Waals surface area contributed by atoms with Crippen molar-refractivity contribution in [1.29, 1.82) is 0 Å². The second kappa shape index (κ2) is 8.14. The zero-order valence-electron chi connectivity index (χ0n) is 15.7. The van der Waals surface area contributed by atoms with Crippen molar-refractivity contribution in [1.82, 2.24) is 15.1 Å². The lowest BCUT2D eigenvalue weighted by atomic mass is 10.2. The summed E-state index contributed by atoms with van der Waals surface area (Å²) in [4.78, 5) is 25.3. The second-order valence-electron chi connectivity index (χ2n) is 5.92. The number of carbonyl (C=O) groups excluding carboxylic acids is 1. The Kier molecular flexibility index (Phi) is 6.15. The van der Waals surface area contributed by atoms with Crippen LogP contribution in [0.1, 0.15) is 43.7 Å². The van der Waals surface area contributed by atoms with Gasteiger partial charge in [0.2, 0.25) is 0 Å². The van der Waals surface area contributed by atoms with Gasteiger partial charge in [0.25, 0.3) is 11.5 Å². The number of rotatable bonds is 3. The Morgan fingerprint density at radius 2 is 1.85 bits per heavy atom. The molecule has 0 aliphatic heterocycles. The maximum Gasteiger partial charge on any atom is 0.282 e. The summed E-state index contributed by atoms with van der Waals surface area (Å²) in [5, 5.41) is 10.0.